The molecular weight excluding hydrogens is 256 g/mol. The first-order chi connectivity index (χ1) is 9.14. The van der Waals surface area contributed by atoms with Gasteiger partial charge < -0.3 is 9.84 Å². The second-order valence-corrected chi connectivity index (χ2v) is 8.33. The second kappa shape index (κ2) is 3.99. The molecule has 4 aliphatic rings. The molecule has 0 saturated heterocycles. The maximum atomic E-state index is 12.7. The molecule has 2 atom stereocenters. The molecule has 4 heteroatoms. The van der Waals surface area contributed by atoms with Crippen molar-refractivity contribution in [2.45, 2.75) is 64.9 Å². The third kappa shape index (κ3) is 2.04. The number of hydrogen-bond acceptors (Lipinski definition) is 3. The summed E-state index contributed by atoms with van der Waals surface area (Å²) < 4.78 is 5.62. The summed E-state index contributed by atoms with van der Waals surface area (Å²) in [7, 11) is 0. The molecule has 0 aromatic carbocycles. The zero-order valence-corrected chi connectivity index (χ0v) is 12.6. The Morgan fingerprint density at radius 1 is 1.05 bits per heavy atom. The maximum absolute atomic E-state index is 12.7. The summed E-state index contributed by atoms with van der Waals surface area (Å²) in [6, 6.07) is 0. The van der Waals surface area contributed by atoms with Gasteiger partial charge in [-0.05, 0) is 71.1 Å². The minimum Gasteiger partial charge on any atom is -0.481 e. The summed E-state index contributed by atoms with van der Waals surface area (Å²) >= 11 is 0. The Hall–Kier alpha value is -1.06. The van der Waals surface area contributed by atoms with Gasteiger partial charge in [0.2, 0.25) is 0 Å². The van der Waals surface area contributed by atoms with E-state index in [9.17, 15) is 14.7 Å². The van der Waals surface area contributed by atoms with E-state index in [1.807, 2.05) is 20.8 Å². The van der Waals surface area contributed by atoms with E-state index in [-0.39, 0.29) is 5.97 Å². The number of carboxylic acid groups (broad SMARTS) is 1. The highest BCUT2D eigenvalue weighted by Crippen LogP contribution is 2.65. The van der Waals surface area contributed by atoms with Crippen LogP contribution in [0.4, 0.5) is 0 Å². The lowest BCUT2D eigenvalue weighted by molar-refractivity contribution is -0.197. The van der Waals surface area contributed by atoms with Gasteiger partial charge in [-0.15, -0.1) is 0 Å². The van der Waals surface area contributed by atoms with Crippen molar-refractivity contribution in [1.82, 2.24) is 0 Å². The topological polar surface area (TPSA) is 63.6 Å². The van der Waals surface area contributed by atoms with E-state index in [1.165, 1.54) is 0 Å². The fraction of sp³-hybridized carbons (Fsp3) is 0.875. The van der Waals surface area contributed by atoms with Gasteiger partial charge in [0.05, 0.1) is 10.8 Å². The zero-order chi connectivity index (χ0) is 14.8. The fourth-order valence-electron chi connectivity index (χ4n) is 5.14. The van der Waals surface area contributed by atoms with Gasteiger partial charge in [-0.25, -0.2) is 0 Å². The van der Waals surface area contributed by atoms with E-state index < -0.39 is 22.4 Å². The molecule has 4 rings (SSSR count). The number of hydrogen-bond donors (Lipinski definition) is 1. The molecule has 0 aliphatic heterocycles. The highest BCUT2D eigenvalue weighted by Gasteiger charge is 2.64. The smallest absolute Gasteiger partial charge is 0.312 e. The summed E-state index contributed by atoms with van der Waals surface area (Å²) in [5, 5.41) is 9.66. The van der Waals surface area contributed by atoms with Gasteiger partial charge in [0.25, 0.3) is 0 Å². The molecule has 0 heterocycles. The van der Waals surface area contributed by atoms with Crippen molar-refractivity contribution in [3.05, 3.63) is 0 Å². The van der Waals surface area contributed by atoms with Gasteiger partial charge in [-0.3, -0.25) is 9.59 Å². The number of esters is 1. The SMILES string of the molecule is CC(C)(C)OC(=O)C12CC3CC(CC(C(=O)O)(C3)C1)C2. The monoisotopic (exact) mass is 280 g/mol. The van der Waals surface area contributed by atoms with Crippen LogP contribution in [-0.4, -0.2) is 22.6 Å². The molecule has 4 nitrogen and oxygen atoms in total. The first-order valence-electron chi connectivity index (χ1n) is 7.61. The van der Waals surface area contributed by atoms with Gasteiger partial charge in [0, 0.05) is 0 Å². The molecule has 4 fully saturated rings. The molecule has 0 spiro atoms. The first kappa shape index (κ1) is 13.9. The summed E-state index contributed by atoms with van der Waals surface area (Å²) in [6.07, 6.45) is 4.74. The molecule has 1 N–H and O–H groups in total. The first-order valence-corrected chi connectivity index (χ1v) is 7.61. The highest BCUT2D eigenvalue weighted by molar-refractivity contribution is 5.82. The minimum absolute atomic E-state index is 0.162. The molecule has 2 unspecified atom stereocenters. The molecule has 0 radical (unpaired) electrons. The van der Waals surface area contributed by atoms with E-state index in [0.717, 1.165) is 32.1 Å². The summed E-state index contributed by atoms with van der Waals surface area (Å²) in [5.41, 5.74) is -1.70. The molecule has 0 aromatic rings. The van der Waals surface area contributed by atoms with Crippen LogP contribution in [-0.2, 0) is 14.3 Å². The average molecular weight is 280 g/mol. The minimum atomic E-state index is -0.709. The summed E-state index contributed by atoms with van der Waals surface area (Å²) in [6.45, 7) is 5.62. The molecule has 4 aliphatic carbocycles. The summed E-state index contributed by atoms with van der Waals surface area (Å²) in [4.78, 5) is 24.4. The quantitative estimate of drug-likeness (QED) is 0.790. The zero-order valence-electron chi connectivity index (χ0n) is 12.6. The van der Waals surface area contributed by atoms with Crippen LogP contribution in [0.3, 0.4) is 0 Å². The largest absolute Gasteiger partial charge is 0.481 e. The van der Waals surface area contributed by atoms with Gasteiger partial charge in [0.1, 0.15) is 5.60 Å². The van der Waals surface area contributed by atoms with Crippen LogP contribution in [0.15, 0.2) is 0 Å². The van der Waals surface area contributed by atoms with E-state index >= 15 is 0 Å². The molecule has 4 saturated carbocycles. The lowest BCUT2D eigenvalue weighted by Gasteiger charge is -2.59. The van der Waals surface area contributed by atoms with Gasteiger partial charge in [-0.2, -0.15) is 0 Å². The Morgan fingerprint density at radius 2 is 1.55 bits per heavy atom. The van der Waals surface area contributed by atoms with Crippen molar-refractivity contribution in [2.75, 3.05) is 0 Å². The van der Waals surface area contributed by atoms with Crippen molar-refractivity contribution >= 4 is 11.9 Å². The predicted octanol–water partition coefficient (Wildman–Crippen LogP) is 3.00. The van der Waals surface area contributed by atoms with Gasteiger partial charge >= 0.3 is 11.9 Å². The van der Waals surface area contributed by atoms with Crippen LogP contribution < -0.4 is 0 Å². The average Bonchev–Trinajstić information content (AvgIpc) is 2.24. The number of ether oxygens (including phenoxy) is 1. The Kier molecular flexibility index (Phi) is 2.77. The van der Waals surface area contributed by atoms with Gasteiger partial charge in [0.15, 0.2) is 0 Å². The van der Waals surface area contributed by atoms with Crippen molar-refractivity contribution in [1.29, 1.82) is 0 Å². The normalized spacial score (nSPS) is 42.5. The summed E-state index contributed by atoms with van der Waals surface area (Å²) in [5.74, 6) is -0.0935. The Balaban J connectivity index is 1.91. The number of aliphatic carboxylic acids is 1. The Morgan fingerprint density at radius 3 is 2.00 bits per heavy atom. The van der Waals surface area contributed by atoms with E-state index in [4.69, 9.17) is 4.74 Å². The van der Waals surface area contributed by atoms with Crippen LogP contribution in [0, 0.1) is 22.7 Å². The number of carboxylic acids is 1. The predicted molar refractivity (Wildman–Crippen MR) is 73.0 cm³/mol. The lowest BCUT2D eigenvalue weighted by Crippen LogP contribution is -2.58. The van der Waals surface area contributed by atoms with Crippen molar-refractivity contribution in [3.8, 4) is 0 Å². The van der Waals surface area contributed by atoms with E-state index in [0.29, 0.717) is 18.3 Å². The lowest BCUT2D eigenvalue weighted by atomic mass is 9.44. The molecule has 112 valence electrons. The number of carbonyl (C=O) groups is 2. The highest BCUT2D eigenvalue weighted by atomic mass is 16.6. The standard InChI is InChI=1S/C16H24O4/c1-14(2,3)20-13(19)16-7-10-4-11(8-16)6-15(5-10,9-16)12(17)18/h10-11H,4-9H2,1-3H3,(H,17,18). The second-order valence-electron chi connectivity index (χ2n) is 8.33. The van der Waals surface area contributed by atoms with Crippen molar-refractivity contribution in [3.63, 3.8) is 0 Å². The third-order valence-corrected chi connectivity index (χ3v) is 5.35. The van der Waals surface area contributed by atoms with E-state index in [2.05, 4.69) is 0 Å². The number of rotatable bonds is 2. The van der Waals surface area contributed by atoms with Crippen LogP contribution in [0.5, 0.6) is 0 Å². The molecule has 4 bridgehead atoms. The van der Waals surface area contributed by atoms with E-state index in [1.54, 1.807) is 0 Å². The Bertz CT molecular complexity index is 446. The third-order valence-electron chi connectivity index (χ3n) is 5.35. The van der Waals surface area contributed by atoms with Crippen LogP contribution in [0.2, 0.25) is 0 Å². The van der Waals surface area contributed by atoms with Crippen LogP contribution in [0.1, 0.15) is 59.3 Å². The molecule has 0 aromatic heterocycles. The maximum Gasteiger partial charge on any atom is 0.312 e. The van der Waals surface area contributed by atoms with Crippen molar-refractivity contribution in [2.24, 2.45) is 22.7 Å². The fourth-order valence-corrected chi connectivity index (χ4v) is 5.14. The molecular formula is C16H24O4. The number of carbonyl (C=O) groups excluding carboxylic acids is 1. The van der Waals surface area contributed by atoms with Gasteiger partial charge in [-0.1, -0.05) is 0 Å². The van der Waals surface area contributed by atoms with Crippen LogP contribution >= 0.6 is 0 Å². The Labute approximate surface area is 119 Å². The van der Waals surface area contributed by atoms with Crippen LogP contribution in [0.25, 0.3) is 0 Å². The molecule has 0 amide bonds. The van der Waals surface area contributed by atoms with Crippen molar-refractivity contribution < 1.29 is 19.4 Å². The molecule has 20 heavy (non-hydrogen) atoms.